The number of hydrogen-bond acceptors (Lipinski definition) is 2. The molecule has 2 heteroatoms. The predicted octanol–water partition coefficient (Wildman–Crippen LogP) is 1.53. The zero-order chi connectivity index (χ0) is 8.10. The molecule has 0 unspecified atom stereocenters. The number of pyridine rings is 1. The van der Waals surface area contributed by atoms with Gasteiger partial charge in [0.05, 0.1) is 0 Å². The van der Waals surface area contributed by atoms with E-state index in [1.165, 1.54) is 5.56 Å². The molecule has 0 aromatic carbocycles. The Kier molecular flexibility index (Phi) is 3.05. The molecule has 0 fully saturated rings. The highest BCUT2D eigenvalue weighted by atomic mass is 14.6. The van der Waals surface area contributed by atoms with Gasteiger partial charge in [0.1, 0.15) is 0 Å². The van der Waals surface area contributed by atoms with Gasteiger partial charge in [-0.05, 0) is 36.6 Å². The van der Waals surface area contributed by atoms with Crippen LogP contribution in [-0.4, -0.2) is 11.5 Å². The quantitative estimate of drug-likeness (QED) is 0.709. The average molecular weight is 150 g/mol. The molecule has 1 aromatic heterocycles. The smallest absolute Gasteiger partial charge is 0.0270 e. The number of hydrogen-bond donors (Lipinski definition) is 1. The lowest BCUT2D eigenvalue weighted by Gasteiger charge is -2.08. The van der Waals surface area contributed by atoms with Gasteiger partial charge >= 0.3 is 0 Å². The minimum Gasteiger partial charge on any atom is -0.330 e. The van der Waals surface area contributed by atoms with E-state index >= 15 is 0 Å². The number of rotatable bonds is 3. The topological polar surface area (TPSA) is 38.9 Å². The second kappa shape index (κ2) is 4.09. The molecule has 0 saturated heterocycles. The molecule has 0 aliphatic heterocycles. The zero-order valence-corrected chi connectivity index (χ0v) is 6.83. The van der Waals surface area contributed by atoms with Gasteiger partial charge in [-0.2, -0.15) is 0 Å². The lowest BCUT2D eigenvalue weighted by atomic mass is 9.99. The molecule has 1 rings (SSSR count). The largest absolute Gasteiger partial charge is 0.330 e. The van der Waals surface area contributed by atoms with E-state index in [-0.39, 0.29) is 0 Å². The summed E-state index contributed by atoms with van der Waals surface area (Å²) in [5, 5.41) is 0. The Morgan fingerprint density at radius 3 is 2.64 bits per heavy atom. The molecule has 2 N–H and O–H groups in total. The van der Waals surface area contributed by atoms with Crippen LogP contribution in [-0.2, 0) is 0 Å². The fraction of sp³-hybridized carbons (Fsp3) is 0.444. The fourth-order valence-electron chi connectivity index (χ4n) is 1.11. The lowest BCUT2D eigenvalue weighted by molar-refractivity contribution is 0.689. The van der Waals surface area contributed by atoms with Crippen molar-refractivity contribution in [2.45, 2.75) is 19.3 Å². The molecule has 1 aromatic rings. The van der Waals surface area contributed by atoms with Crippen LogP contribution >= 0.6 is 0 Å². The Hall–Kier alpha value is -0.890. The van der Waals surface area contributed by atoms with E-state index in [0.717, 1.165) is 13.0 Å². The van der Waals surface area contributed by atoms with Crippen LogP contribution in [0.2, 0.25) is 0 Å². The van der Waals surface area contributed by atoms with Gasteiger partial charge in [-0.3, -0.25) is 4.98 Å². The Balaban J connectivity index is 2.61. The van der Waals surface area contributed by atoms with Gasteiger partial charge < -0.3 is 5.73 Å². The molecule has 0 radical (unpaired) electrons. The third kappa shape index (κ3) is 2.31. The Bertz CT molecular complexity index is 196. The van der Waals surface area contributed by atoms with Crippen molar-refractivity contribution in [1.29, 1.82) is 0 Å². The van der Waals surface area contributed by atoms with E-state index in [4.69, 9.17) is 5.73 Å². The third-order valence-electron chi connectivity index (χ3n) is 1.87. The van der Waals surface area contributed by atoms with Gasteiger partial charge in [0, 0.05) is 12.4 Å². The molecule has 60 valence electrons. The van der Waals surface area contributed by atoms with E-state index in [9.17, 15) is 0 Å². The summed E-state index contributed by atoms with van der Waals surface area (Å²) in [6, 6.07) is 4.08. The van der Waals surface area contributed by atoms with Crippen molar-refractivity contribution in [3.63, 3.8) is 0 Å². The normalized spacial score (nSPS) is 12.9. The van der Waals surface area contributed by atoms with E-state index < -0.39 is 0 Å². The minimum atomic E-state index is 0.558. The first-order chi connectivity index (χ1) is 5.34. The summed E-state index contributed by atoms with van der Waals surface area (Å²) in [4.78, 5) is 3.96. The van der Waals surface area contributed by atoms with Crippen LogP contribution < -0.4 is 5.73 Å². The molecule has 0 aliphatic carbocycles. The Labute approximate surface area is 67.5 Å². The van der Waals surface area contributed by atoms with Crippen molar-refractivity contribution in [3.8, 4) is 0 Å². The number of nitrogens with zero attached hydrogens (tertiary/aromatic N) is 1. The van der Waals surface area contributed by atoms with Crippen LogP contribution in [0.25, 0.3) is 0 Å². The maximum absolute atomic E-state index is 5.45. The van der Waals surface area contributed by atoms with Crippen LogP contribution in [0, 0.1) is 0 Å². The van der Waals surface area contributed by atoms with E-state index in [1.807, 2.05) is 24.5 Å². The second-order valence-electron chi connectivity index (χ2n) is 2.76. The first-order valence-electron chi connectivity index (χ1n) is 3.94. The maximum Gasteiger partial charge on any atom is 0.0270 e. The minimum absolute atomic E-state index is 0.558. The lowest BCUT2D eigenvalue weighted by Crippen LogP contribution is -2.04. The summed E-state index contributed by atoms with van der Waals surface area (Å²) in [6.45, 7) is 2.94. The molecule has 1 heterocycles. The van der Waals surface area contributed by atoms with Crippen molar-refractivity contribution in [2.24, 2.45) is 5.73 Å². The molecular formula is C9H14N2. The standard InChI is InChI=1S/C9H14N2/c1-8(2-5-10)9-3-6-11-7-4-9/h3-4,6-8H,2,5,10H2,1H3/t8-/m0/s1. The molecule has 0 amide bonds. The van der Waals surface area contributed by atoms with Gasteiger partial charge in [0.15, 0.2) is 0 Å². The van der Waals surface area contributed by atoms with Crippen LogP contribution in [0.1, 0.15) is 24.8 Å². The SMILES string of the molecule is C[C@@H](CCN)c1ccncc1. The molecule has 1 atom stereocenters. The molecular weight excluding hydrogens is 136 g/mol. The zero-order valence-electron chi connectivity index (χ0n) is 6.83. The van der Waals surface area contributed by atoms with Gasteiger partial charge in [0.25, 0.3) is 0 Å². The number of nitrogens with two attached hydrogens (primary N) is 1. The molecule has 0 aliphatic rings. The van der Waals surface area contributed by atoms with Crippen molar-refractivity contribution < 1.29 is 0 Å². The van der Waals surface area contributed by atoms with Gasteiger partial charge in [0.2, 0.25) is 0 Å². The first kappa shape index (κ1) is 8.21. The molecule has 0 spiro atoms. The highest BCUT2D eigenvalue weighted by Crippen LogP contribution is 2.16. The Morgan fingerprint density at radius 2 is 2.09 bits per heavy atom. The molecule has 2 nitrogen and oxygen atoms in total. The van der Waals surface area contributed by atoms with Crippen molar-refractivity contribution in [1.82, 2.24) is 4.98 Å². The molecule has 11 heavy (non-hydrogen) atoms. The van der Waals surface area contributed by atoms with Gasteiger partial charge in [-0.25, -0.2) is 0 Å². The highest BCUT2D eigenvalue weighted by molar-refractivity contribution is 5.14. The summed E-state index contributed by atoms with van der Waals surface area (Å²) < 4.78 is 0. The van der Waals surface area contributed by atoms with Crippen LogP contribution in [0.4, 0.5) is 0 Å². The van der Waals surface area contributed by atoms with E-state index in [1.54, 1.807) is 0 Å². The molecule has 0 bridgehead atoms. The van der Waals surface area contributed by atoms with Crippen LogP contribution in [0.5, 0.6) is 0 Å². The second-order valence-corrected chi connectivity index (χ2v) is 2.76. The molecule has 0 saturated carbocycles. The van der Waals surface area contributed by atoms with Crippen molar-refractivity contribution >= 4 is 0 Å². The van der Waals surface area contributed by atoms with Crippen molar-refractivity contribution in [2.75, 3.05) is 6.54 Å². The van der Waals surface area contributed by atoms with E-state index in [2.05, 4.69) is 11.9 Å². The summed E-state index contributed by atoms with van der Waals surface area (Å²) in [6.07, 6.45) is 4.69. The highest BCUT2D eigenvalue weighted by Gasteiger charge is 2.01. The average Bonchev–Trinajstić information content (AvgIpc) is 2.07. The Morgan fingerprint density at radius 1 is 1.45 bits per heavy atom. The van der Waals surface area contributed by atoms with Gasteiger partial charge in [-0.1, -0.05) is 6.92 Å². The van der Waals surface area contributed by atoms with E-state index in [0.29, 0.717) is 5.92 Å². The summed E-state index contributed by atoms with van der Waals surface area (Å²) in [7, 11) is 0. The van der Waals surface area contributed by atoms with Crippen LogP contribution in [0.3, 0.4) is 0 Å². The summed E-state index contributed by atoms with van der Waals surface area (Å²) in [5.74, 6) is 0.558. The van der Waals surface area contributed by atoms with Crippen LogP contribution in [0.15, 0.2) is 24.5 Å². The number of aromatic nitrogens is 1. The first-order valence-corrected chi connectivity index (χ1v) is 3.94. The maximum atomic E-state index is 5.45. The summed E-state index contributed by atoms with van der Waals surface area (Å²) in [5.41, 5.74) is 6.78. The van der Waals surface area contributed by atoms with Gasteiger partial charge in [-0.15, -0.1) is 0 Å². The monoisotopic (exact) mass is 150 g/mol. The fourth-order valence-corrected chi connectivity index (χ4v) is 1.11. The summed E-state index contributed by atoms with van der Waals surface area (Å²) >= 11 is 0. The van der Waals surface area contributed by atoms with Crippen molar-refractivity contribution in [3.05, 3.63) is 30.1 Å². The third-order valence-corrected chi connectivity index (χ3v) is 1.87. The predicted molar refractivity (Wildman–Crippen MR) is 46.3 cm³/mol.